The first-order valence-corrected chi connectivity index (χ1v) is 9.22. The van der Waals surface area contributed by atoms with Gasteiger partial charge in [-0.1, -0.05) is 0 Å². The SMILES string of the molecule is COc1ccc(CNC(=O)CCC2CCCN(C(=O)C(C)=O)C2)c(OC)c1. The summed E-state index contributed by atoms with van der Waals surface area (Å²) in [5, 5.41) is 2.91. The lowest BCUT2D eigenvalue weighted by atomic mass is 9.93. The van der Waals surface area contributed by atoms with Crippen LogP contribution in [0.25, 0.3) is 0 Å². The van der Waals surface area contributed by atoms with E-state index in [-0.39, 0.29) is 11.8 Å². The maximum absolute atomic E-state index is 12.2. The topological polar surface area (TPSA) is 84.9 Å². The summed E-state index contributed by atoms with van der Waals surface area (Å²) < 4.78 is 10.5. The summed E-state index contributed by atoms with van der Waals surface area (Å²) in [6, 6.07) is 5.47. The van der Waals surface area contributed by atoms with Gasteiger partial charge in [0.05, 0.1) is 14.2 Å². The number of carbonyl (C=O) groups excluding carboxylic acids is 3. The van der Waals surface area contributed by atoms with Gasteiger partial charge in [-0.05, 0) is 37.3 Å². The van der Waals surface area contributed by atoms with E-state index in [1.165, 1.54) is 6.92 Å². The first-order chi connectivity index (χ1) is 12.9. The predicted molar refractivity (Wildman–Crippen MR) is 101 cm³/mol. The third kappa shape index (κ3) is 5.98. The molecule has 0 saturated carbocycles. The minimum Gasteiger partial charge on any atom is -0.497 e. The highest BCUT2D eigenvalue weighted by atomic mass is 16.5. The Balaban J connectivity index is 1.79. The Morgan fingerprint density at radius 2 is 2.00 bits per heavy atom. The van der Waals surface area contributed by atoms with Gasteiger partial charge in [0.1, 0.15) is 11.5 Å². The van der Waals surface area contributed by atoms with Crippen molar-refractivity contribution in [2.75, 3.05) is 27.3 Å². The Kier molecular flexibility index (Phi) is 7.64. The van der Waals surface area contributed by atoms with Gasteiger partial charge >= 0.3 is 0 Å². The van der Waals surface area contributed by atoms with E-state index < -0.39 is 11.7 Å². The fourth-order valence-corrected chi connectivity index (χ4v) is 3.32. The molecule has 2 amide bonds. The zero-order valence-corrected chi connectivity index (χ0v) is 16.2. The summed E-state index contributed by atoms with van der Waals surface area (Å²) >= 11 is 0. The Labute approximate surface area is 160 Å². The van der Waals surface area contributed by atoms with Gasteiger partial charge < -0.3 is 19.7 Å². The fraction of sp³-hybridized carbons (Fsp3) is 0.550. The van der Waals surface area contributed by atoms with Gasteiger partial charge in [0.2, 0.25) is 11.7 Å². The zero-order valence-electron chi connectivity index (χ0n) is 16.2. The monoisotopic (exact) mass is 376 g/mol. The minimum absolute atomic E-state index is 0.0390. The van der Waals surface area contributed by atoms with Crippen LogP contribution in [0.2, 0.25) is 0 Å². The van der Waals surface area contributed by atoms with Crippen LogP contribution in [0.15, 0.2) is 18.2 Å². The van der Waals surface area contributed by atoms with Crippen molar-refractivity contribution in [3.05, 3.63) is 23.8 Å². The Morgan fingerprint density at radius 1 is 1.22 bits per heavy atom. The number of nitrogens with zero attached hydrogens (tertiary/aromatic N) is 1. The summed E-state index contributed by atoms with van der Waals surface area (Å²) in [7, 11) is 3.17. The van der Waals surface area contributed by atoms with E-state index in [1.807, 2.05) is 12.1 Å². The van der Waals surface area contributed by atoms with E-state index in [1.54, 1.807) is 25.2 Å². The van der Waals surface area contributed by atoms with Crippen molar-refractivity contribution in [2.24, 2.45) is 5.92 Å². The molecule has 1 fully saturated rings. The molecule has 1 aliphatic heterocycles. The zero-order chi connectivity index (χ0) is 19.8. The summed E-state index contributed by atoms with van der Waals surface area (Å²) in [6.07, 6.45) is 2.94. The lowest BCUT2D eigenvalue weighted by Crippen LogP contribution is -2.42. The summed E-state index contributed by atoms with van der Waals surface area (Å²) in [4.78, 5) is 36.9. The van der Waals surface area contributed by atoms with E-state index in [4.69, 9.17) is 9.47 Å². The van der Waals surface area contributed by atoms with E-state index in [0.29, 0.717) is 44.0 Å². The number of hydrogen-bond acceptors (Lipinski definition) is 5. The number of amides is 2. The Morgan fingerprint density at radius 3 is 2.67 bits per heavy atom. The van der Waals surface area contributed by atoms with Gasteiger partial charge in [0, 0.05) is 44.6 Å². The molecule has 0 aliphatic carbocycles. The van der Waals surface area contributed by atoms with Crippen LogP contribution in [0, 0.1) is 5.92 Å². The first-order valence-electron chi connectivity index (χ1n) is 9.22. The Hall–Kier alpha value is -2.57. The van der Waals surface area contributed by atoms with Gasteiger partial charge in [-0.15, -0.1) is 0 Å². The molecule has 0 aromatic heterocycles. The molecular weight excluding hydrogens is 348 g/mol. The van der Waals surface area contributed by atoms with E-state index in [0.717, 1.165) is 18.4 Å². The second kappa shape index (κ2) is 9.94. The highest BCUT2D eigenvalue weighted by Gasteiger charge is 2.26. The number of rotatable bonds is 8. The van der Waals surface area contributed by atoms with Crippen molar-refractivity contribution in [2.45, 2.75) is 39.2 Å². The Bertz CT molecular complexity index is 689. The number of ketones is 1. The number of Topliss-reactive ketones (excluding diaryl/α,β-unsaturated/α-hetero) is 1. The molecule has 27 heavy (non-hydrogen) atoms. The summed E-state index contributed by atoms with van der Waals surface area (Å²) in [5.74, 6) is 0.730. The van der Waals surface area contributed by atoms with Crippen molar-refractivity contribution < 1.29 is 23.9 Å². The molecule has 1 aromatic rings. The number of likely N-dealkylation sites (tertiary alicyclic amines) is 1. The number of methoxy groups -OCH3 is 2. The van der Waals surface area contributed by atoms with Gasteiger partial charge in [-0.25, -0.2) is 0 Å². The van der Waals surface area contributed by atoms with Crippen LogP contribution in [-0.4, -0.2) is 49.8 Å². The van der Waals surface area contributed by atoms with Crippen LogP contribution < -0.4 is 14.8 Å². The van der Waals surface area contributed by atoms with Crippen LogP contribution in [0.5, 0.6) is 11.5 Å². The van der Waals surface area contributed by atoms with Crippen molar-refractivity contribution >= 4 is 17.6 Å². The van der Waals surface area contributed by atoms with Crippen LogP contribution in [0.3, 0.4) is 0 Å². The largest absolute Gasteiger partial charge is 0.497 e. The van der Waals surface area contributed by atoms with Crippen LogP contribution in [-0.2, 0) is 20.9 Å². The molecule has 7 heteroatoms. The molecule has 1 atom stereocenters. The fourth-order valence-electron chi connectivity index (χ4n) is 3.32. The number of benzene rings is 1. The molecule has 1 aromatic carbocycles. The highest BCUT2D eigenvalue weighted by molar-refractivity contribution is 6.35. The molecule has 0 bridgehead atoms. The van der Waals surface area contributed by atoms with Crippen LogP contribution in [0.4, 0.5) is 0 Å². The standard InChI is InChI=1S/C20H28N2O5/c1-14(23)20(25)22-10-4-5-15(13-22)6-9-19(24)21-12-16-7-8-17(26-2)11-18(16)27-3/h7-8,11,15H,4-6,9-10,12-13H2,1-3H3,(H,21,24). The normalized spacial score (nSPS) is 16.6. The maximum atomic E-state index is 12.2. The van der Waals surface area contributed by atoms with Gasteiger partial charge in [0.15, 0.2) is 0 Å². The lowest BCUT2D eigenvalue weighted by Gasteiger charge is -2.32. The molecule has 0 radical (unpaired) electrons. The van der Waals surface area contributed by atoms with Gasteiger partial charge in [0.25, 0.3) is 5.91 Å². The summed E-state index contributed by atoms with van der Waals surface area (Å²) in [6.45, 7) is 2.86. The quantitative estimate of drug-likeness (QED) is 0.701. The van der Waals surface area contributed by atoms with Crippen molar-refractivity contribution in [1.29, 1.82) is 0 Å². The first kappa shape index (κ1) is 20.7. The lowest BCUT2D eigenvalue weighted by molar-refractivity contribution is -0.144. The van der Waals surface area contributed by atoms with Gasteiger partial charge in [-0.3, -0.25) is 14.4 Å². The average Bonchev–Trinajstić information content (AvgIpc) is 2.70. The number of piperidine rings is 1. The van der Waals surface area contributed by atoms with Crippen LogP contribution in [0.1, 0.15) is 38.2 Å². The van der Waals surface area contributed by atoms with Crippen molar-refractivity contribution in [1.82, 2.24) is 10.2 Å². The molecule has 0 spiro atoms. The van der Waals surface area contributed by atoms with Crippen molar-refractivity contribution in [3.63, 3.8) is 0 Å². The molecule has 148 valence electrons. The predicted octanol–water partition coefficient (Wildman–Crippen LogP) is 1.93. The van der Waals surface area contributed by atoms with E-state index in [9.17, 15) is 14.4 Å². The van der Waals surface area contributed by atoms with Gasteiger partial charge in [-0.2, -0.15) is 0 Å². The molecule has 2 rings (SSSR count). The third-order valence-electron chi connectivity index (χ3n) is 4.86. The third-order valence-corrected chi connectivity index (χ3v) is 4.86. The summed E-state index contributed by atoms with van der Waals surface area (Å²) in [5.41, 5.74) is 0.877. The molecule has 7 nitrogen and oxygen atoms in total. The second-order valence-electron chi connectivity index (χ2n) is 6.81. The van der Waals surface area contributed by atoms with Crippen molar-refractivity contribution in [3.8, 4) is 11.5 Å². The van der Waals surface area contributed by atoms with E-state index >= 15 is 0 Å². The molecule has 1 unspecified atom stereocenters. The second-order valence-corrected chi connectivity index (χ2v) is 6.81. The number of hydrogen-bond donors (Lipinski definition) is 1. The molecule has 1 saturated heterocycles. The highest BCUT2D eigenvalue weighted by Crippen LogP contribution is 2.25. The number of carbonyl (C=O) groups is 3. The molecule has 1 N–H and O–H groups in total. The molecule has 1 aliphatic rings. The molecule has 1 heterocycles. The maximum Gasteiger partial charge on any atom is 0.289 e. The van der Waals surface area contributed by atoms with E-state index in [2.05, 4.69) is 5.32 Å². The van der Waals surface area contributed by atoms with Crippen LogP contribution >= 0.6 is 0 Å². The average molecular weight is 376 g/mol. The smallest absolute Gasteiger partial charge is 0.289 e. The minimum atomic E-state index is -0.429. The molecular formula is C20H28N2O5. The number of nitrogens with one attached hydrogen (secondary N) is 1. The number of ether oxygens (including phenoxy) is 2.